The van der Waals surface area contributed by atoms with Crippen LogP contribution in [0.15, 0.2) is 60.7 Å². The molecule has 2 amide bonds. The molecule has 5 aromatic carbocycles. The first-order chi connectivity index (χ1) is 23.4. The number of benzene rings is 5. The number of hydrogen-bond acceptors (Lipinski definition) is 7. The minimum absolute atomic E-state index is 0.107. The molecule has 5 rings (SSSR count). The van der Waals surface area contributed by atoms with E-state index in [4.69, 9.17) is 22.9 Å². The molecule has 0 aliphatic carbocycles. The molecule has 0 unspecified atom stereocenters. The average Bonchev–Trinajstić information content (AvgIpc) is 3.04. The largest absolute Gasteiger partial charge is 0.506 e. The van der Waals surface area contributed by atoms with Gasteiger partial charge < -0.3 is 28.0 Å². The SMILES string of the molecule is Cc1cc(C(=O)N(c2cc(C)c(C)cc2N)c2cc(C)c(C)cc2N)c(O)c(C(=O)N(c2cc(C)c(C)cc2N)c2cc(C)c(C)cc2N)c1. The van der Waals surface area contributed by atoms with Crippen molar-refractivity contribution in [2.24, 2.45) is 0 Å². The Kier molecular flexibility index (Phi) is 9.30. The highest BCUT2D eigenvalue weighted by Gasteiger charge is 2.32. The average molecular weight is 671 g/mol. The van der Waals surface area contributed by atoms with Crippen molar-refractivity contribution < 1.29 is 14.7 Å². The number of hydrogen-bond donors (Lipinski definition) is 5. The van der Waals surface area contributed by atoms with Crippen LogP contribution in [0.2, 0.25) is 0 Å². The lowest BCUT2D eigenvalue weighted by molar-refractivity contribution is 0.0995. The van der Waals surface area contributed by atoms with Crippen LogP contribution in [0.25, 0.3) is 0 Å². The number of phenols is 1. The number of amides is 2. The molecule has 0 fully saturated rings. The van der Waals surface area contributed by atoms with E-state index in [-0.39, 0.29) is 11.1 Å². The number of nitrogens with zero attached hydrogens (tertiary/aromatic N) is 2. The summed E-state index contributed by atoms with van der Waals surface area (Å²) in [7, 11) is 0. The fraction of sp³-hybridized carbons (Fsp3) is 0.220. The number of anilines is 8. The zero-order valence-electron chi connectivity index (χ0n) is 30.2. The fourth-order valence-electron chi connectivity index (χ4n) is 6.11. The molecule has 5 aromatic rings. The molecule has 0 atom stereocenters. The number of aryl methyl sites for hydroxylation is 9. The van der Waals surface area contributed by atoms with E-state index >= 15 is 0 Å². The number of carbonyl (C=O) groups is 2. The smallest absolute Gasteiger partial charge is 0.266 e. The van der Waals surface area contributed by atoms with Crippen LogP contribution in [-0.4, -0.2) is 16.9 Å². The Labute approximate surface area is 294 Å². The highest BCUT2D eigenvalue weighted by Crippen LogP contribution is 2.42. The molecule has 0 aliphatic rings. The maximum absolute atomic E-state index is 14.9. The molecule has 0 aromatic heterocycles. The summed E-state index contributed by atoms with van der Waals surface area (Å²) in [6, 6.07) is 17.6. The lowest BCUT2D eigenvalue weighted by Gasteiger charge is -2.29. The summed E-state index contributed by atoms with van der Waals surface area (Å²) in [4.78, 5) is 32.5. The van der Waals surface area contributed by atoms with Gasteiger partial charge in [0.25, 0.3) is 11.8 Å². The molecule has 0 aliphatic heterocycles. The highest BCUT2D eigenvalue weighted by atomic mass is 16.3. The van der Waals surface area contributed by atoms with Gasteiger partial charge in [-0.05, 0) is 173 Å². The molecular formula is C41H46N6O3. The fourth-order valence-corrected chi connectivity index (χ4v) is 6.11. The van der Waals surface area contributed by atoms with E-state index in [1.807, 2.05) is 79.7 Å². The zero-order chi connectivity index (χ0) is 36.9. The highest BCUT2D eigenvalue weighted by molar-refractivity contribution is 6.20. The lowest BCUT2D eigenvalue weighted by atomic mass is 9.98. The van der Waals surface area contributed by atoms with Crippen molar-refractivity contribution in [2.75, 3.05) is 32.7 Å². The summed E-state index contributed by atoms with van der Waals surface area (Å²) in [6.07, 6.45) is 0. The molecule has 9 nitrogen and oxygen atoms in total. The molecule has 0 saturated carbocycles. The first-order valence-electron chi connectivity index (χ1n) is 16.4. The van der Waals surface area contributed by atoms with E-state index in [1.165, 1.54) is 9.80 Å². The second kappa shape index (κ2) is 13.2. The van der Waals surface area contributed by atoms with Crippen LogP contribution < -0.4 is 32.7 Å². The van der Waals surface area contributed by atoms with Crippen LogP contribution in [0.5, 0.6) is 5.75 Å². The lowest BCUT2D eigenvalue weighted by Crippen LogP contribution is -2.30. The minimum atomic E-state index is -0.618. The predicted molar refractivity (Wildman–Crippen MR) is 207 cm³/mol. The summed E-state index contributed by atoms with van der Waals surface area (Å²) in [6.45, 7) is 17.2. The van der Waals surface area contributed by atoms with Gasteiger partial charge in [0, 0.05) is 0 Å². The quantitative estimate of drug-likeness (QED) is 0.113. The summed E-state index contributed by atoms with van der Waals surface area (Å²) >= 11 is 0. The molecular weight excluding hydrogens is 624 g/mol. The normalized spacial score (nSPS) is 11.1. The Morgan fingerprint density at radius 3 is 0.880 bits per heavy atom. The van der Waals surface area contributed by atoms with Crippen molar-refractivity contribution in [1.29, 1.82) is 0 Å². The van der Waals surface area contributed by atoms with E-state index in [0.29, 0.717) is 51.1 Å². The Bertz CT molecular complexity index is 1960. The van der Waals surface area contributed by atoms with Gasteiger partial charge in [-0.25, -0.2) is 0 Å². The molecule has 0 spiro atoms. The van der Waals surface area contributed by atoms with Crippen molar-refractivity contribution >= 4 is 57.3 Å². The molecule has 9 N–H and O–H groups in total. The minimum Gasteiger partial charge on any atom is -0.506 e. The van der Waals surface area contributed by atoms with Crippen LogP contribution in [0.3, 0.4) is 0 Å². The van der Waals surface area contributed by atoms with Gasteiger partial charge in [-0.3, -0.25) is 19.4 Å². The van der Waals surface area contributed by atoms with Crippen LogP contribution >= 0.6 is 0 Å². The van der Waals surface area contributed by atoms with Crippen molar-refractivity contribution in [3.05, 3.63) is 122 Å². The van der Waals surface area contributed by atoms with Gasteiger partial charge in [-0.2, -0.15) is 0 Å². The zero-order valence-corrected chi connectivity index (χ0v) is 30.2. The summed E-state index contributed by atoms with van der Waals surface area (Å²) in [5, 5.41) is 12.0. The second-order valence-corrected chi connectivity index (χ2v) is 13.5. The number of carbonyl (C=O) groups excluding carboxylic acids is 2. The third-order valence-corrected chi connectivity index (χ3v) is 9.66. The van der Waals surface area contributed by atoms with Crippen LogP contribution in [0.1, 0.15) is 70.8 Å². The Morgan fingerprint density at radius 2 is 0.640 bits per heavy atom. The van der Waals surface area contributed by atoms with Gasteiger partial charge in [-0.15, -0.1) is 0 Å². The van der Waals surface area contributed by atoms with E-state index in [9.17, 15) is 14.7 Å². The van der Waals surface area contributed by atoms with Crippen LogP contribution in [0, 0.1) is 62.3 Å². The first kappa shape index (κ1) is 35.3. The van der Waals surface area contributed by atoms with Gasteiger partial charge in [0.1, 0.15) is 5.75 Å². The standard InChI is InChI=1S/C41H46N6O3/c1-20-10-29(40(49)46(35-16-25(6)21(2)12-31(35)42)36-17-26(7)22(3)13-32(36)43)39(48)30(11-20)41(50)47(37-18-27(8)23(4)14-33(37)44)38-19-28(9)24(5)15-34(38)45/h10-19,48H,42-45H2,1-9H3. The third kappa shape index (κ3) is 6.30. The summed E-state index contributed by atoms with van der Waals surface area (Å²) in [5.41, 5.74) is 37.1. The monoisotopic (exact) mass is 670 g/mol. The molecule has 0 bridgehead atoms. The molecule has 0 radical (unpaired) electrons. The molecule has 9 heteroatoms. The number of aromatic hydroxyl groups is 1. The van der Waals surface area contributed by atoms with Crippen molar-refractivity contribution in [1.82, 2.24) is 0 Å². The van der Waals surface area contributed by atoms with Crippen LogP contribution in [-0.2, 0) is 0 Å². The van der Waals surface area contributed by atoms with E-state index < -0.39 is 17.6 Å². The van der Waals surface area contributed by atoms with E-state index in [1.54, 1.807) is 43.3 Å². The van der Waals surface area contributed by atoms with Gasteiger partial charge in [0.2, 0.25) is 0 Å². The number of nitrogens with two attached hydrogens (primary N) is 4. The van der Waals surface area contributed by atoms with Crippen molar-refractivity contribution in [2.45, 2.75) is 62.3 Å². The van der Waals surface area contributed by atoms with Crippen LogP contribution in [0.4, 0.5) is 45.5 Å². The van der Waals surface area contributed by atoms with Gasteiger partial charge in [0.05, 0.1) is 56.6 Å². The van der Waals surface area contributed by atoms with Crippen molar-refractivity contribution in [3.8, 4) is 5.75 Å². The molecule has 258 valence electrons. The maximum Gasteiger partial charge on any atom is 0.266 e. The molecule has 50 heavy (non-hydrogen) atoms. The van der Waals surface area contributed by atoms with Crippen molar-refractivity contribution in [3.63, 3.8) is 0 Å². The van der Waals surface area contributed by atoms with Gasteiger partial charge >= 0.3 is 0 Å². The van der Waals surface area contributed by atoms with E-state index in [0.717, 1.165) is 44.5 Å². The number of nitrogen functional groups attached to an aromatic ring is 4. The van der Waals surface area contributed by atoms with E-state index in [2.05, 4.69) is 0 Å². The summed E-state index contributed by atoms with van der Waals surface area (Å²) in [5.74, 6) is -1.74. The summed E-state index contributed by atoms with van der Waals surface area (Å²) < 4.78 is 0. The molecule has 0 heterocycles. The van der Waals surface area contributed by atoms with Gasteiger partial charge in [0.15, 0.2) is 0 Å². The van der Waals surface area contributed by atoms with Gasteiger partial charge in [-0.1, -0.05) is 0 Å². The number of rotatable bonds is 6. The Balaban J connectivity index is 1.76. The third-order valence-electron chi connectivity index (χ3n) is 9.66. The first-order valence-corrected chi connectivity index (χ1v) is 16.4. The Hall–Kier alpha value is -5.96. The Morgan fingerprint density at radius 1 is 0.420 bits per heavy atom. The molecule has 0 saturated heterocycles. The second-order valence-electron chi connectivity index (χ2n) is 13.5. The number of phenolic OH excluding ortho intramolecular Hbond substituents is 1. The topological polar surface area (TPSA) is 165 Å². The maximum atomic E-state index is 14.9. The predicted octanol–water partition coefficient (Wildman–Crippen LogP) is 8.45.